The van der Waals surface area contributed by atoms with Gasteiger partial charge in [-0.05, 0) is 38.0 Å². The Balaban J connectivity index is 1.59. The van der Waals surface area contributed by atoms with Crippen molar-refractivity contribution in [3.8, 4) is 11.4 Å². The van der Waals surface area contributed by atoms with E-state index in [0.717, 1.165) is 12.8 Å². The normalized spacial score (nSPS) is 18.6. The quantitative estimate of drug-likeness (QED) is 0.617. The highest BCUT2D eigenvalue weighted by Crippen LogP contribution is 2.48. The number of piperazine rings is 1. The van der Waals surface area contributed by atoms with Gasteiger partial charge in [-0.2, -0.15) is 9.40 Å². The van der Waals surface area contributed by atoms with Crippen LogP contribution in [0.15, 0.2) is 24.3 Å². The van der Waals surface area contributed by atoms with Crippen LogP contribution in [-0.2, 0) is 10.0 Å². The molecule has 7 nitrogen and oxygen atoms in total. The second-order valence-electron chi connectivity index (χ2n) is 8.52. The maximum atomic E-state index is 15.4. The Labute approximate surface area is 188 Å². The Morgan fingerprint density at radius 2 is 1.88 bits per heavy atom. The number of benzene rings is 2. The Kier molecular flexibility index (Phi) is 4.71. The molecule has 11 heteroatoms. The number of hydrogen-bond acceptors (Lipinski definition) is 5. The van der Waals surface area contributed by atoms with Gasteiger partial charge in [-0.3, -0.25) is 0 Å². The molecule has 1 spiro atoms. The molecule has 1 aliphatic carbocycles. The summed E-state index contributed by atoms with van der Waals surface area (Å²) in [6, 6.07) is 5.71. The summed E-state index contributed by atoms with van der Waals surface area (Å²) in [5.74, 6) is -2.14. The number of aromatic nitrogens is 2. The van der Waals surface area contributed by atoms with Crippen molar-refractivity contribution in [2.45, 2.75) is 25.3 Å². The summed E-state index contributed by atoms with van der Waals surface area (Å²) in [5, 5.41) is 14.7. The first kappa shape index (κ1) is 21.4. The number of fused-ring (bicyclic) bond motifs is 1. The molecule has 0 unspecified atom stereocenters. The molecule has 2 aromatic carbocycles. The van der Waals surface area contributed by atoms with Gasteiger partial charge in [0.15, 0.2) is 11.6 Å². The van der Waals surface area contributed by atoms with Gasteiger partial charge in [-0.15, -0.1) is 0 Å². The van der Waals surface area contributed by atoms with Crippen molar-refractivity contribution < 1.29 is 22.3 Å². The lowest BCUT2D eigenvalue weighted by Crippen LogP contribution is -2.56. The van der Waals surface area contributed by atoms with Crippen LogP contribution in [0.5, 0.6) is 5.75 Å². The van der Waals surface area contributed by atoms with Crippen LogP contribution in [-0.4, -0.2) is 59.0 Å². The highest BCUT2D eigenvalue weighted by molar-refractivity contribution is 7.88. The predicted molar refractivity (Wildman–Crippen MR) is 118 cm³/mol. The van der Waals surface area contributed by atoms with E-state index in [-0.39, 0.29) is 17.3 Å². The van der Waals surface area contributed by atoms with Crippen LogP contribution in [0.4, 0.5) is 14.5 Å². The van der Waals surface area contributed by atoms with Crippen molar-refractivity contribution in [1.82, 2.24) is 14.1 Å². The van der Waals surface area contributed by atoms with E-state index in [0.29, 0.717) is 35.4 Å². The number of phenolic OH excluding ortho intramolecular Hbond substituents is 1. The minimum atomic E-state index is -3.32. The van der Waals surface area contributed by atoms with Crippen LogP contribution in [0, 0.1) is 18.6 Å². The van der Waals surface area contributed by atoms with Crippen molar-refractivity contribution in [1.29, 1.82) is 0 Å². The van der Waals surface area contributed by atoms with Crippen LogP contribution in [0.25, 0.3) is 16.6 Å². The predicted octanol–water partition coefficient (Wildman–Crippen LogP) is 3.59. The topological polar surface area (TPSA) is 78.7 Å². The molecular formula is C21H21ClF2N4O3S. The lowest BCUT2D eigenvalue weighted by molar-refractivity contribution is 0.321. The highest BCUT2D eigenvalue weighted by atomic mass is 35.5. The fourth-order valence-corrected chi connectivity index (χ4v) is 5.57. The molecule has 5 rings (SSSR count). The number of nitrogens with zero attached hydrogens (tertiary/aromatic N) is 4. The molecule has 1 aliphatic heterocycles. The molecule has 2 fully saturated rings. The smallest absolute Gasteiger partial charge is 0.211 e. The minimum Gasteiger partial charge on any atom is -0.504 e. The third-order valence-electron chi connectivity index (χ3n) is 6.41. The first-order chi connectivity index (χ1) is 15.0. The number of phenols is 1. The van der Waals surface area contributed by atoms with E-state index in [9.17, 15) is 17.9 Å². The van der Waals surface area contributed by atoms with Crippen LogP contribution < -0.4 is 4.90 Å². The van der Waals surface area contributed by atoms with Gasteiger partial charge in [0.25, 0.3) is 0 Å². The van der Waals surface area contributed by atoms with E-state index in [2.05, 4.69) is 5.10 Å². The van der Waals surface area contributed by atoms with Crippen molar-refractivity contribution in [2.75, 3.05) is 30.8 Å². The van der Waals surface area contributed by atoms with Gasteiger partial charge in [0.1, 0.15) is 11.5 Å². The van der Waals surface area contributed by atoms with Gasteiger partial charge in [-0.1, -0.05) is 11.6 Å². The standard InChI is InChI=1S/C21H21ClF2N4O3S/c1-12-13-9-18(27-8-7-26(32(2,30)31)11-21(27)5-6-21)15(23)10-17(13)28(25-12)16-4-3-14(22)20(29)19(16)24/h3-4,9-10,29H,5-8,11H2,1-2H3. The molecule has 0 atom stereocenters. The number of hydrogen-bond donors (Lipinski definition) is 1. The summed E-state index contributed by atoms with van der Waals surface area (Å²) in [7, 11) is -3.32. The van der Waals surface area contributed by atoms with Gasteiger partial charge in [0.2, 0.25) is 10.0 Å². The van der Waals surface area contributed by atoms with Gasteiger partial charge < -0.3 is 10.0 Å². The average molecular weight is 483 g/mol. The summed E-state index contributed by atoms with van der Waals surface area (Å²) in [6.07, 6.45) is 2.75. The average Bonchev–Trinajstić information content (AvgIpc) is 3.42. The summed E-state index contributed by atoms with van der Waals surface area (Å²) < 4.78 is 56.7. The molecule has 170 valence electrons. The van der Waals surface area contributed by atoms with Crippen LogP contribution in [0.1, 0.15) is 18.5 Å². The third-order valence-corrected chi connectivity index (χ3v) is 7.97. The Morgan fingerprint density at radius 1 is 1.16 bits per heavy atom. The second-order valence-corrected chi connectivity index (χ2v) is 10.9. The molecule has 1 saturated carbocycles. The zero-order valence-electron chi connectivity index (χ0n) is 17.4. The molecule has 2 heterocycles. The molecule has 32 heavy (non-hydrogen) atoms. The third kappa shape index (κ3) is 3.23. The maximum Gasteiger partial charge on any atom is 0.211 e. The van der Waals surface area contributed by atoms with E-state index in [1.165, 1.54) is 33.4 Å². The zero-order valence-corrected chi connectivity index (χ0v) is 19.0. The lowest BCUT2D eigenvalue weighted by Gasteiger charge is -2.42. The van der Waals surface area contributed by atoms with Crippen LogP contribution >= 0.6 is 11.6 Å². The summed E-state index contributed by atoms with van der Waals surface area (Å²) in [6.45, 7) is 2.73. The maximum absolute atomic E-state index is 15.4. The van der Waals surface area contributed by atoms with Gasteiger partial charge >= 0.3 is 0 Å². The molecule has 0 radical (unpaired) electrons. The van der Waals surface area contributed by atoms with Crippen molar-refractivity contribution in [2.24, 2.45) is 0 Å². The molecular weight excluding hydrogens is 462 g/mol. The number of aryl methyl sites for hydroxylation is 1. The largest absolute Gasteiger partial charge is 0.504 e. The van der Waals surface area contributed by atoms with Gasteiger partial charge in [0, 0.05) is 31.1 Å². The molecule has 2 aliphatic rings. The first-order valence-corrected chi connectivity index (χ1v) is 12.3. The van der Waals surface area contributed by atoms with E-state index < -0.39 is 32.9 Å². The number of halogens is 3. The van der Waals surface area contributed by atoms with E-state index in [4.69, 9.17) is 11.6 Å². The number of anilines is 1. The van der Waals surface area contributed by atoms with E-state index in [1.54, 1.807) is 13.0 Å². The summed E-state index contributed by atoms with van der Waals surface area (Å²) >= 11 is 5.77. The van der Waals surface area contributed by atoms with Gasteiger partial charge in [0.05, 0.1) is 33.7 Å². The van der Waals surface area contributed by atoms with Crippen LogP contribution in [0.3, 0.4) is 0 Å². The molecule has 1 aromatic heterocycles. The van der Waals surface area contributed by atoms with E-state index in [1.807, 2.05) is 4.90 Å². The molecule has 0 amide bonds. The van der Waals surface area contributed by atoms with E-state index >= 15 is 4.39 Å². The minimum absolute atomic E-state index is 0.0439. The Hall–Kier alpha value is -2.43. The summed E-state index contributed by atoms with van der Waals surface area (Å²) in [4.78, 5) is 1.95. The Bertz CT molecular complexity index is 1370. The monoisotopic (exact) mass is 482 g/mol. The molecule has 0 bridgehead atoms. The molecule has 3 aromatic rings. The highest BCUT2D eigenvalue weighted by Gasteiger charge is 2.53. The number of sulfonamides is 1. The first-order valence-electron chi connectivity index (χ1n) is 10.1. The van der Waals surface area contributed by atoms with Crippen molar-refractivity contribution >= 4 is 38.2 Å². The summed E-state index contributed by atoms with van der Waals surface area (Å²) in [5.41, 5.74) is 0.842. The van der Waals surface area contributed by atoms with Gasteiger partial charge in [-0.25, -0.2) is 21.9 Å². The molecule has 1 saturated heterocycles. The SMILES string of the molecule is Cc1nn(-c2ccc(Cl)c(O)c2F)c2cc(F)c(N3CCN(S(C)(=O)=O)CC34CC4)cc12. The van der Waals surface area contributed by atoms with Crippen LogP contribution in [0.2, 0.25) is 5.02 Å². The zero-order chi connectivity index (χ0) is 23.0. The molecule has 1 N–H and O–H groups in total. The number of rotatable bonds is 3. The fourth-order valence-electron chi connectivity index (χ4n) is 4.53. The second kappa shape index (κ2) is 7.03. The lowest BCUT2D eigenvalue weighted by atomic mass is 10.1. The van der Waals surface area contributed by atoms with Crippen molar-refractivity contribution in [3.63, 3.8) is 0 Å². The number of aromatic hydroxyl groups is 1. The van der Waals surface area contributed by atoms with Crippen molar-refractivity contribution in [3.05, 3.63) is 46.6 Å². The fraction of sp³-hybridized carbons (Fsp3) is 0.381. The Morgan fingerprint density at radius 3 is 2.53 bits per heavy atom.